The summed E-state index contributed by atoms with van der Waals surface area (Å²) < 4.78 is 5.01. The maximum Gasteiger partial charge on any atom is 0.333 e. The number of amides is 2. The van der Waals surface area contributed by atoms with Crippen molar-refractivity contribution in [3.8, 4) is 5.75 Å². The number of anilines is 1. The zero-order valence-electron chi connectivity index (χ0n) is 9.70. The Hall–Kier alpha value is -1.75. The monoisotopic (exact) mass is 223 g/mol. The summed E-state index contributed by atoms with van der Waals surface area (Å²) in [4.78, 5) is 11.4. The van der Waals surface area contributed by atoms with Gasteiger partial charge in [-0.25, -0.2) is 10.2 Å². The number of carbonyl (C=O) groups is 1. The minimum Gasteiger partial charge on any atom is -0.497 e. The molecular formula is C11H17N3O2. The Bertz CT molecular complexity index is 336. The summed E-state index contributed by atoms with van der Waals surface area (Å²) in [6, 6.07) is 7.01. The van der Waals surface area contributed by atoms with Crippen LogP contribution in [0.25, 0.3) is 0 Å². The van der Waals surface area contributed by atoms with Gasteiger partial charge >= 0.3 is 6.03 Å². The molecule has 1 rings (SSSR count). The number of carbonyl (C=O) groups excluding carboxylic acids is 1. The van der Waals surface area contributed by atoms with Gasteiger partial charge in [-0.3, -0.25) is 5.43 Å². The summed E-state index contributed by atoms with van der Waals surface area (Å²) >= 11 is 0. The van der Waals surface area contributed by atoms with Gasteiger partial charge in [0.15, 0.2) is 0 Å². The minimum absolute atomic E-state index is 0.196. The van der Waals surface area contributed by atoms with E-state index >= 15 is 0 Å². The van der Waals surface area contributed by atoms with Gasteiger partial charge in [0.1, 0.15) is 5.75 Å². The molecule has 0 heterocycles. The van der Waals surface area contributed by atoms with Crippen molar-refractivity contribution in [2.24, 2.45) is 0 Å². The molecule has 1 aromatic rings. The van der Waals surface area contributed by atoms with E-state index in [2.05, 4.69) is 16.2 Å². The fraction of sp³-hybridized carbons (Fsp3) is 0.364. The molecule has 0 aliphatic carbocycles. The molecule has 88 valence electrons. The van der Waals surface area contributed by atoms with E-state index in [-0.39, 0.29) is 12.1 Å². The van der Waals surface area contributed by atoms with Crippen molar-refractivity contribution in [3.05, 3.63) is 24.3 Å². The summed E-state index contributed by atoms with van der Waals surface area (Å²) in [5, 5.41) is 2.68. The van der Waals surface area contributed by atoms with E-state index in [4.69, 9.17) is 4.74 Å². The number of ether oxygens (including phenoxy) is 1. The Morgan fingerprint density at radius 1 is 1.25 bits per heavy atom. The Morgan fingerprint density at radius 3 is 2.38 bits per heavy atom. The van der Waals surface area contributed by atoms with Gasteiger partial charge in [0.25, 0.3) is 0 Å². The van der Waals surface area contributed by atoms with Crippen LogP contribution in [0.1, 0.15) is 13.8 Å². The van der Waals surface area contributed by atoms with E-state index in [1.54, 1.807) is 31.4 Å². The lowest BCUT2D eigenvalue weighted by Crippen LogP contribution is -2.43. The fourth-order valence-electron chi connectivity index (χ4n) is 1.05. The number of urea groups is 1. The Labute approximate surface area is 95.2 Å². The lowest BCUT2D eigenvalue weighted by Gasteiger charge is -2.11. The Kier molecular flexibility index (Phi) is 4.60. The second-order valence-corrected chi connectivity index (χ2v) is 3.61. The maximum absolute atomic E-state index is 11.4. The first kappa shape index (κ1) is 12.3. The lowest BCUT2D eigenvalue weighted by molar-refractivity contribution is 0.246. The molecule has 0 bridgehead atoms. The van der Waals surface area contributed by atoms with Gasteiger partial charge in [-0.1, -0.05) is 0 Å². The first-order chi connectivity index (χ1) is 7.61. The number of hydrogen-bond donors (Lipinski definition) is 3. The van der Waals surface area contributed by atoms with Crippen LogP contribution in [0.2, 0.25) is 0 Å². The van der Waals surface area contributed by atoms with E-state index in [1.165, 1.54) is 0 Å². The second kappa shape index (κ2) is 5.97. The van der Waals surface area contributed by atoms with Crippen LogP contribution < -0.4 is 20.9 Å². The van der Waals surface area contributed by atoms with E-state index in [0.717, 1.165) is 5.75 Å². The SMILES string of the molecule is COc1ccc(NC(=O)NNC(C)C)cc1. The number of benzene rings is 1. The summed E-state index contributed by atoms with van der Waals surface area (Å²) in [7, 11) is 1.60. The molecule has 0 aliphatic heterocycles. The van der Waals surface area contributed by atoms with Crippen LogP contribution in [0.15, 0.2) is 24.3 Å². The number of hydrazine groups is 1. The second-order valence-electron chi connectivity index (χ2n) is 3.61. The highest BCUT2D eigenvalue weighted by atomic mass is 16.5. The molecule has 0 aromatic heterocycles. The van der Waals surface area contributed by atoms with Crippen molar-refractivity contribution in [2.45, 2.75) is 19.9 Å². The molecule has 16 heavy (non-hydrogen) atoms. The van der Waals surface area contributed by atoms with Crippen LogP contribution in [-0.4, -0.2) is 19.2 Å². The summed E-state index contributed by atoms with van der Waals surface area (Å²) in [5.41, 5.74) is 6.04. The highest BCUT2D eigenvalue weighted by Gasteiger charge is 2.01. The third-order valence-corrected chi connectivity index (χ3v) is 1.82. The fourth-order valence-corrected chi connectivity index (χ4v) is 1.05. The number of nitrogens with one attached hydrogen (secondary N) is 3. The predicted molar refractivity (Wildman–Crippen MR) is 63.4 cm³/mol. The number of methoxy groups -OCH3 is 1. The summed E-state index contributed by atoms with van der Waals surface area (Å²) in [6.45, 7) is 3.88. The molecule has 1 aromatic carbocycles. The average Bonchev–Trinajstić information content (AvgIpc) is 2.27. The maximum atomic E-state index is 11.4. The van der Waals surface area contributed by atoms with Gasteiger partial charge in [0.2, 0.25) is 0 Å². The predicted octanol–water partition coefficient (Wildman–Crippen LogP) is 1.73. The standard InChI is InChI=1S/C11H17N3O2/c1-8(2)13-14-11(15)12-9-4-6-10(16-3)7-5-9/h4-8,13H,1-3H3,(H2,12,14,15). The zero-order valence-corrected chi connectivity index (χ0v) is 9.70. The molecule has 5 heteroatoms. The van der Waals surface area contributed by atoms with Crippen molar-refractivity contribution in [1.82, 2.24) is 10.9 Å². The first-order valence-corrected chi connectivity index (χ1v) is 5.08. The molecule has 0 atom stereocenters. The molecule has 2 amide bonds. The Morgan fingerprint density at radius 2 is 1.88 bits per heavy atom. The minimum atomic E-state index is -0.293. The first-order valence-electron chi connectivity index (χ1n) is 5.08. The molecule has 0 radical (unpaired) electrons. The third kappa shape index (κ3) is 4.18. The van der Waals surface area contributed by atoms with E-state index < -0.39 is 0 Å². The van der Waals surface area contributed by atoms with E-state index in [0.29, 0.717) is 5.69 Å². The van der Waals surface area contributed by atoms with Crippen LogP contribution in [0, 0.1) is 0 Å². The van der Waals surface area contributed by atoms with E-state index in [9.17, 15) is 4.79 Å². The van der Waals surface area contributed by atoms with Gasteiger partial charge in [-0.15, -0.1) is 0 Å². The van der Waals surface area contributed by atoms with Gasteiger partial charge < -0.3 is 10.1 Å². The topological polar surface area (TPSA) is 62.4 Å². The van der Waals surface area contributed by atoms with Gasteiger partial charge in [0.05, 0.1) is 7.11 Å². The number of hydrogen-bond acceptors (Lipinski definition) is 3. The highest BCUT2D eigenvalue weighted by Crippen LogP contribution is 2.14. The highest BCUT2D eigenvalue weighted by molar-refractivity contribution is 5.88. The third-order valence-electron chi connectivity index (χ3n) is 1.82. The van der Waals surface area contributed by atoms with Crippen molar-refractivity contribution in [2.75, 3.05) is 12.4 Å². The lowest BCUT2D eigenvalue weighted by atomic mass is 10.3. The average molecular weight is 223 g/mol. The molecule has 0 aliphatic rings. The van der Waals surface area contributed by atoms with Crippen LogP contribution in [0.3, 0.4) is 0 Å². The zero-order chi connectivity index (χ0) is 12.0. The van der Waals surface area contributed by atoms with Gasteiger partial charge in [-0.05, 0) is 38.1 Å². The summed E-state index contributed by atoms with van der Waals surface area (Å²) in [5.74, 6) is 0.756. The van der Waals surface area contributed by atoms with Crippen LogP contribution >= 0.6 is 0 Å². The summed E-state index contributed by atoms with van der Waals surface area (Å²) in [6.07, 6.45) is 0. The molecule has 3 N–H and O–H groups in total. The van der Waals surface area contributed by atoms with Crippen molar-refractivity contribution < 1.29 is 9.53 Å². The van der Waals surface area contributed by atoms with Crippen LogP contribution in [0.4, 0.5) is 10.5 Å². The molecule has 0 saturated heterocycles. The molecular weight excluding hydrogens is 206 g/mol. The molecule has 5 nitrogen and oxygen atoms in total. The van der Waals surface area contributed by atoms with Crippen LogP contribution in [0.5, 0.6) is 5.75 Å². The van der Waals surface area contributed by atoms with Gasteiger partial charge in [0, 0.05) is 11.7 Å². The van der Waals surface area contributed by atoms with Gasteiger partial charge in [-0.2, -0.15) is 0 Å². The van der Waals surface area contributed by atoms with Crippen molar-refractivity contribution in [1.29, 1.82) is 0 Å². The quantitative estimate of drug-likeness (QED) is 0.681. The van der Waals surface area contributed by atoms with Crippen molar-refractivity contribution in [3.63, 3.8) is 0 Å². The molecule has 0 fully saturated rings. The smallest absolute Gasteiger partial charge is 0.333 e. The van der Waals surface area contributed by atoms with E-state index in [1.807, 2.05) is 13.8 Å². The largest absolute Gasteiger partial charge is 0.497 e. The molecule has 0 saturated carbocycles. The normalized spacial score (nSPS) is 10.0. The van der Waals surface area contributed by atoms with Crippen molar-refractivity contribution >= 4 is 11.7 Å². The number of rotatable bonds is 4. The van der Waals surface area contributed by atoms with Crippen LogP contribution in [-0.2, 0) is 0 Å². The molecule has 0 spiro atoms. The Balaban J connectivity index is 2.43. The molecule has 0 unspecified atom stereocenters.